The molecule has 2 saturated heterocycles. The summed E-state index contributed by atoms with van der Waals surface area (Å²) in [5.41, 5.74) is 0. The van der Waals surface area contributed by atoms with Crippen LogP contribution in [-0.2, 0) is 4.79 Å². The van der Waals surface area contributed by atoms with Crippen molar-refractivity contribution in [3.63, 3.8) is 0 Å². The maximum Gasteiger partial charge on any atom is 0.235 e. The smallest absolute Gasteiger partial charge is 0.235 e. The van der Waals surface area contributed by atoms with Gasteiger partial charge in [0.05, 0.1) is 5.25 Å². The molecule has 0 aromatic heterocycles. The predicted molar refractivity (Wildman–Crippen MR) is 64.1 cm³/mol. The summed E-state index contributed by atoms with van der Waals surface area (Å²) in [5.74, 6) is 1.57. The molecule has 2 rings (SSSR count). The number of piperidine rings is 1. The first-order valence-electron chi connectivity index (χ1n) is 5.89. The van der Waals surface area contributed by atoms with Crippen LogP contribution in [0.25, 0.3) is 0 Å². The van der Waals surface area contributed by atoms with Crippen molar-refractivity contribution >= 4 is 17.7 Å². The third kappa shape index (κ3) is 2.67. The minimum atomic E-state index is 0.274. The Kier molecular flexibility index (Phi) is 3.92. The number of carbonyl (C=O) groups is 1. The van der Waals surface area contributed by atoms with E-state index in [4.69, 9.17) is 0 Å². The molecule has 1 unspecified atom stereocenters. The topological polar surface area (TPSA) is 32.3 Å². The normalized spacial score (nSPS) is 28.3. The summed E-state index contributed by atoms with van der Waals surface area (Å²) in [6.07, 6.45) is 4.53. The van der Waals surface area contributed by atoms with Crippen LogP contribution in [0.5, 0.6) is 0 Å². The van der Waals surface area contributed by atoms with Crippen LogP contribution in [0.4, 0.5) is 0 Å². The van der Waals surface area contributed by atoms with E-state index in [1.807, 2.05) is 18.8 Å². The molecular weight excluding hydrogens is 208 g/mol. The Bertz CT molecular complexity index is 221. The first-order valence-corrected chi connectivity index (χ1v) is 6.94. The lowest BCUT2D eigenvalue weighted by molar-refractivity contribution is -0.131. The van der Waals surface area contributed by atoms with Crippen molar-refractivity contribution in [2.45, 2.75) is 37.0 Å². The second-order valence-corrected chi connectivity index (χ2v) is 5.70. The summed E-state index contributed by atoms with van der Waals surface area (Å²) in [7, 11) is 2.01. The fourth-order valence-electron chi connectivity index (χ4n) is 2.36. The van der Waals surface area contributed by atoms with Crippen molar-refractivity contribution in [2.24, 2.45) is 0 Å². The van der Waals surface area contributed by atoms with Crippen LogP contribution in [0, 0.1) is 0 Å². The summed E-state index contributed by atoms with van der Waals surface area (Å²) in [6, 6.07) is 0.616. The Morgan fingerprint density at radius 2 is 2.07 bits per heavy atom. The van der Waals surface area contributed by atoms with Gasteiger partial charge in [-0.3, -0.25) is 4.79 Å². The zero-order chi connectivity index (χ0) is 10.7. The van der Waals surface area contributed by atoms with E-state index in [0.29, 0.717) is 11.9 Å². The van der Waals surface area contributed by atoms with Crippen molar-refractivity contribution in [3.8, 4) is 0 Å². The van der Waals surface area contributed by atoms with Crippen LogP contribution < -0.4 is 5.32 Å². The molecule has 15 heavy (non-hydrogen) atoms. The monoisotopic (exact) mass is 228 g/mol. The summed E-state index contributed by atoms with van der Waals surface area (Å²) >= 11 is 1.84. The van der Waals surface area contributed by atoms with Gasteiger partial charge in [0.1, 0.15) is 0 Å². The molecule has 2 aliphatic heterocycles. The van der Waals surface area contributed by atoms with Crippen molar-refractivity contribution in [1.82, 2.24) is 10.2 Å². The SMILES string of the molecule is CNC1CCN(C(=O)C2CCCS2)CC1. The van der Waals surface area contributed by atoms with E-state index in [9.17, 15) is 4.79 Å². The lowest BCUT2D eigenvalue weighted by Gasteiger charge is -2.33. The summed E-state index contributed by atoms with van der Waals surface area (Å²) in [5, 5.41) is 3.56. The molecule has 0 aromatic rings. The summed E-state index contributed by atoms with van der Waals surface area (Å²) < 4.78 is 0. The molecule has 2 aliphatic rings. The maximum atomic E-state index is 12.1. The molecule has 0 aliphatic carbocycles. The van der Waals surface area contributed by atoms with E-state index in [-0.39, 0.29) is 5.25 Å². The van der Waals surface area contributed by atoms with Crippen molar-refractivity contribution < 1.29 is 4.79 Å². The summed E-state index contributed by atoms with van der Waals surface area (Å²) in [6.45, 7) is 1.89. The Hall–Kier alpha value is -0.220. The van der Waals surface area contributed by atoms with Gasteiger partial charge in [0.25, 0.3) is 0 Å². The third-order valence-corrected chi connectivity index (χ3v) is 4.78. The lowest BCUT2D eigenvalue weighted by Crippen LogP contribution is -2.46. The van der Waals surface area contributed by atoms with Gasteiger partial charge in [0.15, 0.2) is 0 Å². The molecule has 1 atom stereocenters. The second-order valence-electron chi connectivity index (χ2n) is 4.39. The number of nitrogens with one attached hydrogen (secondary N) is 1. The van der Waals surface area contributed by atoms with E-state index in [2.05, 4.69) is 10.2 Å². The maximum absolute atomic E-state index is 12.1. The zero-order valence-corrected chi connectivity index (χ0v) is 10.2. The molecule has 0 aromatic carbocycles. The van der Waals surface area contributed by atoms with Crippen LogP contribution in [0.15, 0.2) is 0 Å². The molecule has 2 heterocycles. The van der Waals surface area contributed by atoms with Crippen LogP contribution in [-0.4, -0.2) is 48.0 Å². The fraction of sp³-hybridized carbons (Fsp3) is 0.909. The molecule has 1 N–H and O–H groups in total. The summed E-state index contributed by atoms with van der Waals surface area (Å²) in [4.78, 5) is 14.1. The van der Waals surface area contributed by atoms with Gasteiger partial charge in [0.2, 0.25) is 5.91 Å². The standard InChI is InChI=1S/C11H20N2OS/c1-12-9-4-6-13(7-5-9)11(14)10-3-2-8-15-10/h9-10,12H,2-8H2,1H3. The first-order chi connectivity index (χ1) is 7.31. The van der Waals surface area contributed by atoms with Gasteiger partial charge < -0.3 is 10.2 Å². The molecule has 86 valence electrons. The minimum absolute atomic E-state index is 0.274. The number of hydrogen-bond donors (Lipinski definition) is 1. The zero-order valence-electron chi connectivity index (χ0n) is 9.37. The Labute approximate surface area is 96.0 Å². The van der Waals surface area contributed by atoms with Gasteiger partial charge in [-0.25, -0.2) is 0 Å². The Morgan fingerprint density at radius 1 is 1.33 bits per heavy atom. The molecule has 0 radical (unpaired) electrons. The van der Waals surface area contributed by atoms with Crippen LogP contribution in [0.2, 0.25) is 0 Å². The van der Waals surface area contributed by atoms with Gasteiger partial charge in [-0.15, -0.1) is 11.8 Å². The Morgan fingerprint density at radius 3 is 2.60 bits per heavy atom. The highest BCUT2D eigenvalue weighted by molar-refractivity contribution is 8.00. The van der Waals surface area contributed by atoms with Crippen LogP contribution in [0.3, 0.4) is 0 Å². The predicted octanol–water partition coefficient (Wildman–Crippen LogP) is 1.09. The van der Waals surface area contributed by atoms with Gasteiger partial charge in [-0.2, -0.15) is 0 Å². The van der Waals surface area contributed by atoms with E-state index in [1.54, 1.807) is 0 Å². The average Bonchev–Trinajstić information content (AvgIpc) is 2.82. The largest absolute Gasteiger partial charge is 0.342 e. The number of amides is 1. The van der Waals surface area contributed by atoms with E-state index in [1.165, 1.54) is 12.2 Å². The number of thioether (sulfide) groups is 1. The number of hydrogen-bond acceptors (Lipinski definition) is 3. The number of carbonyl (C=O) groups excluding carboxylic acids is 1. The average molecular weight is 228 g/mol. The van der Waals surface area contributed by atoms with E-state index < -0.39 is 0 Å². The minimum Gasteiger partial charge on any atom is -0.342 e. The van der Waals surface area contributed by atoms with Crippen molar-refractivity contribution in [3.05, 3.63) is 0 Å². The quantitative estimate of drug-likeness (QED) is 0.768. The van der Waals surface area contributed by atoms with Gasteiger partial charge >= 0.3 is 0 Å². The molecule has 0 bridgehead atoms. The Balaban J connectivity index is 1.81. The van der Waals surface area contributed by atoms with Crippen molar-refractivity contribution in [1.29, 1.82) is 0 Å². The van der Waals surface area contributed by atoms with E-state index >= 15 is 0 Å². The number of nitrogens with zero attached hydrogens (tertiary/aromatic N) is 1. The van der Waals surface area contributed by atoms with Gasteiger partial charge in [-0.05, 0) is 38.5 Å². The third-order valence-electron chi connectivity index (χ3n) is 3.42. The molecule has 2 fully saturated rings. The highest BCUT2D eigenvalue weighted by Gasteiger charge is 2.29. The van der Waals surface area contributed by atoms with E-state index in [0.717, 1.165) is 32.4 Å². The molecule has 3 nitrogen and oxygen atoms in total. The van der Waals surface area contributed by atoms with Gasteiger partial charge in [0, 0.05) is 19.1 Å². The highest BCUT2D eigenvalue weighted by atomic mass is 32.2. The molecule has 1 amide bonds. The van der Waals surface area contributed by atoms with Crippen LogP contribution >= 0.6 is 11.8 Å². The number of rotatable bonds is 2. The first kappa shape index (κ1) is 11.3. The molecule has 0 saturated carbocycles. The van der Waals surface area contributed by atoms with Gasteiger partial charge in [-0.1, -0.05) is 0 Å². The van der Waals surface area contributed by atoms with Crippen LogP contribution in [0.1, 0.15) is 25.7 Å². The molecule has 0 spiro atoms. The molecule has 4 heteroatoms. The fourth-order valence-corrected chi connectivity index (χ4v) is 3.61. The van der Waals surface area contributed by atoms with Crippen molar-refractivity contribution in [2.75, 3.05) is 25.9 Å². The molecular formula is C11H20N2OS. The highest BCUT2D eigenvalue weighted by Crippen LogP contribution is 2.28. The second kappa shape index (κ2) is 5.21. The number of likely N-dealkylation sites (tertiary alicyclic amines) is 1. The lowest BCUT2D eigenvalue weighted by atomic mass is 10.0.